The zero-order chi connectivity index (χ0) is 12.8. The van der Waals surface area contributed by atoms with Crippen LogP contribution in [0.25, 0.3) is 0 Å². The lowest BCUT2D eigenvalue weighted by molar-refractivity contribution is -0.00170. The highest BCUT2D eigenvalue weighted by atomic mass is 16.3. The molecule has 0 aromatic carbocycles. The summed E-state index contributed by atoms with van der Waals surface area (Å²) in [6, 6.07) is 0. The van der Waals surface area contributed by atoms with Gasteiger partial charge in [0.2, 0.25) is 0 Å². The zero-order valence-electron chi connectivity index (χ0n) is 11.5. The number of allylic oxidation sites excluding steroid dienone is 1. The Morgan fingerprint density at radius 3 is 2.53 bits per heavy atom. The topological polar surface area (TPSA) is 40.5 Å². The zero-order valence-corrected chi connectivity index (χ0v) is 11.5. The first-order valence-corrected chi connectivity index (χ1v) is 6.91. The van der Waals surface area contributed by atoms with Crippen LogP contribution < -0.4 is 0 Å². The number of rotatable bonds is 1. The monoisotopic (exact) mass is 238 g/mol. The molecule has 0 bridgehead atoms. The quantitative estimate of drug-likeness (QED) is 0.690. The normalized spacial score (nSPS) is 46.6. The third-order valence-corrected chi connectivity index (χ3v) is 5.28. The Balaban J connectivity index is 2.34. The van der Waals surface area contributed by atoms with E-state index < -0.39 is 0 Å². The van der Waals surface area contributed by atoms with E-state index in [-0.39, 0.29) is 17.6 Å². The predicted octanol–water partition coefficient (Wildman–Crippen LogP) is 2.75. The Kier molecular flexibility index (Phi) is 3.39. The van der Waals surface area contributed by atoms with Gasteiger partial charge in [0.25, 0.3) is 0 Å². The molecule has 0 unspecified atom stereocenters. The summed E-state index contributed by atoms with van der Waals surface area (Å²) in [5, 5.41) is 20.5. The van der Waals surface area contributed by atoms with E-state index in [0.717, 1.165) is 24.8 Å². The Hall–Kier alpha value is -0.340. The van der Waals surface area contributed by atoms with E-state index in [9.17, 15) is 10.2 Å². The van der Waals surface area contributed by atoms with Crippen molar-refractivity contribution in [2.75, 3.05) is 0 Å². The van der Waals surface area contributed by atoms with Crippen LogP contribution in [0.2, 0.25) is 0 Å². The molecule has 5 atom stereocenters. The van der Waals surface area contributed by atoms with Crippen molar-refractivity contribution in [3.8, 4) is 0 Å². The lowest BCUT2D eigenvalue weighted by Gasteiger charge is -2.45. The number of hydrogen-bond donors (Lipinski definition) is 2. The van der Waals surface area contributed by atoms with Gasteiger partial charge in [-0.2, -0.15) is 0 Å². The van der Waals surface area contributed by atoms with Gasteiger partial charge in [0.1, 0.15) is 0 Å². The maximum absolute atomic E-state index is 10.3. The molecule has 2 nitrogen and oxygen atoms in total. The Bertz CT molecular complexity index is 321. The fourth-order valence-electron chi connectivity index (χ4n) is 4.33. The van der Waals surface area contributed by atoms with Gasteiger partial charge in [0.05, 0.1) is 12.2 Å². The van der Waals surface area contributed by atoms with Gasteiger partial charge in [0, 0.05) is 0 Å². The molecule has 0 aromatic rings. The van der Waals surface area contributed by atoms with Crippen LogP contribution in [-0.4, -0.2) is 22.4 Å². The highest BCUT2D eigenvalue weighted by molar-refractivity contribution is 5.17. The van der Waals surface area contributed by atoms with Gasteiger partial charge in [-0.15, -0.1) is 0 Å². The summed E-state index contributed by atoms with van der Waals surface area (Å²) in [6.07, 6.45) is 4.44. The van der Waals surface area contributed by atoms with E-state index in [2.05, 4.69) is 26.8 Å². The van der Waals surface area contributed by atoms with Crippen molar-refractivity contribution < 1.29 is 10.2 Å². The standard InChI is InChI=1S/C15H26O2/c1-9(2)14-12(16)7-11(4)15(14)6-5-10(3)13(17)8-15/h5,9,11-14,16-17H,6-8H2,1-4H3/t11-,12+,13-,14+,15-/m0/s1. The second-order valence-electron chi connectivity index (χ2n) is 6.58. The molecule has 1 fully saturated rings. The summed E-state index contributed by atoms with van der Waals surface area (Å²) in [7, 11) is 0. The number of aliphatic hydroxyl groups is 2. The summed E-state index contributed by atoms with van der Waals surface area (Å²) in [5.41, 5.74) is 1.22. The average Bonchev–Trinajstić information content (AvgIpc) is 2.45. The van der Waals surface area contributed by atoms with Crippen molar-refractivity contribution in [1.82, 2.24) is 0 Å². The first-order chi connectivity index (χ1) is 7.88. The summed E-state index contributed by atoms with van der Waals surface area (Å²) in [4.78, 5) is 0. The molecule has 2 aliphatic rings. The number of aliphatic hydroxyl groups excluding tert-OH is 2. The Morgan fingerprint density at radius 1 is 1.35 bits per heavy atom. The first kappa shape index (κ1) is 13.1. The highest BCUT2D eigenvalue weighted by Gasteiger charge is 2.54. The molecule has 0 amide bonds. The van der Waals surface area contributed by atoms with E-state index in [1.807, 2.05) is 6.92 Å². The molecule has 2 N–H and O–H groups in total. The summed E-state index contributed by atoms with van der Waals surface area (Å²) in [6.45, 7) is 8.65. The second-order valence-corrected chi connectivity index (χ2v) is 6.58. The van der Waals surface area contributed by atoms with Crippen LogP contribution in [0.3, 0.4) is 0 Å². The molecule has 0 aromatic heterocycles. The maximum Gasteiger partial charge on any atom is 0.0753 e. The predicted molar refractivity (Wildman–Crippen MR) is 69.5 cm³/mol. The van der Waals surface area contributed by atoms with Crippen molar-refractivity contribution in [3.63, 3.8) is 0 Å². The van der Waals surface area contributed by atoms with E-state index in [0.29, 0.717) is 17.8 Å². The molecule has 1 spiro atoms. The van der Waals surface area contributed by atoms with Crippen molar-refractivity contribution >= 4 is 0 Å². The molecule has 0 heterocycles. The van der Waals surface area contributed by atoms with Gasteiger partial charge < -0.3 is 10.2 Å². The van der Waals surface area contributed by atoms with Crippen molar-refractivity contribution in [2.45, 2.75) is 59.2 Å². The molecule has 0 aliphatic heterocycles. The highest BCUT2D eigenvalue weighted by Crippen LogP contribution is 2.57. The SMILES string of the molecule is CC1=CC[C@@]2(C[C@@H]1O)[C@H](C(C)C)[C@H](O)C[C@@H]2C. The van der Waals surface area contributed by atoms with Gasteiger partial charge >= 0.3 is 0 Å². The third kappa shape index (κ3) is 1.96. The lowest BCUT2D eigenvalue weighted by Crippen LogP contribution is -2.41. The van der Waals surface area contributed by atoms with Crippen LogP contribution in [0.1, 0.15) is 47.0 Å². The van der Waals surface area contributed by atoms with Crippen LogP contribution in [-0.2, 0) is 0 Å². The molecule has 0 saturated heterocycles. The average molecular weight is 238 g/mol. The van der Waals surface area contributed by atoms with E-state index in [1.165, 1.54) is 0 Å². The summed E-state index contributed by atoms with van der Waals surface area (Å²) < 4.78 is 0. The molecule has 0 radical (unpaired) electrons. The molecular weight excluding hydrogens is 212 g/mol. The molecule has 98 valence electrons. The molecule has 2 heteroatoms. The Labute approximate surface area is 105 Å². The summed E-state index contributed by atoms with van der Waals surface area (Å²) in [5.74, 6) is 1.31. The molecule has 2 rings (SSSR count). The van der Waals surface area contributed by atoms with Crippen LogP contribution >= 0.6 is 0 Å². The van der Waals surface area contributed by atoms with Crippen LogP contribution in [0, 0.1) is 23.2 Å². The molecule has 1 saturated carbocycles. The molecular formula is C15H26O2. The number of hydrogen-bond acceptors (Lipinski definition) is 2. The van der Waals surface area contributed by atoms with E-state index in [4.69, 9.17) is 0 Å². The fourth-order valence-corrected chi connectivity index (χ4v) is 4.33. The second kappa shape index (κ2) is 4.40. The molecule has 17 heavy (non-hydrogen) atoms. The van der Waals surface area contributed by atoms with Gasteiger partial charge in [-0.05, 0) is 54.9 Å². The van der Waals surface area contributed by atoms with Gasteiger partial charge in [-0.1, -0.05) is 26.8 Å². The van der Waals surface area contributed by atoms with Crippen LogP contribution in [0.15, 0.2) is 11.6 Å². The van der Waals surface area contributed by atoms with E-state index >= 15 is 0 Å². The largest absolute Gasteiger partial charge is 0.393 e. The summed E-state index contributed by atoms with van der Waals surface area (Å²) >= 11 is 0. The minimum absolute atomic E-state index is 0.118. The first-order valence-electron chi connectivity index (χ1n) is 6.91. The van der Waals surface area contributed by atoms with Gasteiger partial charge in [-0.25, -0.2) is 0 Å². The minimum atomic E-state index is -0.308. The van der Waals surface area contributed by atoms with Crippen molar-refractivity contribution in [3.05, 3.63) is 11.6 Å². The lowest BCUT2D eigenvalue weighted by atomic mass is 9.61. The van der Waals surface area contributed by atoms with Crippen molar-refractivity contribution in [1.29, 1.82) is 0 Å². The molecule has 2 aliphatic carbocycles. The maximum atomic E-state index is 10.3. The van der Waals surface area contributed by atoms with Crippen LogP contribution in [0.5, 0.6) is 0 Å². The minimum Gasteiger partial charge on any atom is -0.393 e. The third-order valence-electron chi connectivity index (χ3n) is 5.28. The van der Waals surface area contributed by atoms with Gasteiger partial charge in [0.15, 0.2) is 0 Å². The van der Waals surface area contributed by atoms with E-state index in [1.54, 1.807) is 0 Å². The smallest absolute Gasteiger partial charge is 0.0753 e. The van der Waals surface area contributed by atoms with Gasteiger partial charge in [-0.3, -0.25) is 0 Å². The Morgan fingerprint density at radius 2 is 2.00 bits per heavy atom. The van der Waals surface area contributed by atoms with Crippen molar-refractivity contribution in [2.24, 2.45) is 23.2 Å². The van der Waals surface area contributed by atoms with Crippen LogP contribution in [0.4, 0.5) is 0 Å². The fraction of sp³-hybridized carbons (Fsp3) is 0.867.